The topological polar surface area (TPSA) is 55.6 Å². The fraction of sp³-hybridized carbons (Fsp3) is 0.900. The number of hydrogen-bond donors (Lipinski definition) is 1. The molecule has 0 radical (unpaired) electrons. The molecule has 0 unspecified atom stereocenters. The Morgan fingerprint density at radius 2 is 2.00 bits per heavy atom. The van der Waals surface area contributed by atoms with E-state index in [9.17, 15) is 4.79 Å². The van der Waals surface area contributed by atoms with Crippen molar-refractivity contribution in [2.75, 3.05) is 13.6 Å². The molecule has 1 fully saturated rings. The van der Waals surface area contributed by atoms with Crippen LogP contribution in [0, 0.1) is 0 Å². The Balaban J connectivity index is 2.53. The van der Waals surface area contributed by atoms with Gasteiger partial charge in [0.15, 0.2) is 0 Å². The van der Waals surface area contributed by atoms with E-state index in [2.05, 4.69) is 0 Å². The summed E-state index contributed by atoms with van der Waals surface area (Å²) in [5.41, 5.74) is 5.06. The van der Waals surface area contributed by atoms with Crippen molar-refractivity contribution in [1.82, 2.24) is 4.90 Å². The zero-order valence-corrected chi connectivity index (χ0v) is 9.46. The van der Waals surface area contributed by atoms with Crippen LogP contribution in [0.3, 0.4) is 0 Å². The Morgan fingerprint density at radius 3 is 2.29 bits per heavy atom. The minimum atomic E-state index is -0.435. The summed E-state index contributed by atoms with van der Waals surface area (Å²) in [6.45, 7) is 6.10. The molecular weight excluding hydrogens is 180 g/mol. The Kier molecular flexibility index (Phi) is 2.76. The Morgan fingerprint density at radius 1 is 1.50 bits per heavy atom. The quantitative estimate of drug-likeness (QED) is 0.732. The number of nitrogens with two attached hydrogens (primary N) is 1. The molecule has 4 nitrogen and oxygen atoms in total. The van der Waals surface area contributed by atoms with Gasteiger partial charge < -0.3 is 15.4 Å². The van der Waals surface area contributed by atoms with Crippen LogP contribution >= 0.6 is 0 Å². The number of amides is 1. The van der Waals surface area contributed by atoms with Gasteiger partial charge in [0.05, 0.1) is 5.54 Å². The highest BCUT2D eigenvalue weighted by Crippen LogP contribution is 2.40. The molecule has 0 atom stereocenters. The summed E-state index contributed by atoms with van der Waals surface area (Å²) in [7, 11) is 1.76. The van der Waals surface area contributed by atoms with Crippen molar-refractivity contribution < 1.29 is 9.53 Å². The molecule has 2 N–H and O–H groups in total. The van der Waals surface area contributed by atoms with Crippen molar-refractivity contribution in [3.05, 3.63) is 0 Å². The second-order valence-electron chi connectivity index (χ2n) is 4.97. The van der Waals surface area contributed by atoms with Crippen molar-refractivity contribution in [3.8, 4) is 0 Å². The molecule has 0 aromatic rings. The van der Waals surface area contributed by atoms with Gasteiger partial charge in [0.25, 0.3) is 0 Å². The number of carbonyl (C=O) groups is 1. The molecule has 4 heteroatoms. The van der Waals surface area contributed by atoms with Gasteiger partial charge in [-0.1, -0.05) is 0 Å². The van der Waals surface area contributed by atoms with Crippen molar-refractivity contribution >= 4 is 6.09 Å². The van der Waals surface area contributed by atoms with E-state index in [4.69, 9.17) is 10.5 Å². The highest BCUT2D eigenvalue weighted by molar-refractivity contribution is 5.69. The van der Waals surface area contributed by atoms with Crippen LogP contribution in [-0.4, -0.2) is 35.7 Å². The molecular formula is C10H20N2O2. The third-order valence-corrected chi connectivity index (χ3v) is 2.59. The fourth-order valence-electron chi connectivity index (χ4n) is 1.34. The molecule has 1 rings (SSSR count). The maximum Gasteiger partial charge on any atom is 0.410 e. The summed E-state index contributed by atoms with van der Waals surface area (Å²) in [4.78, 5) is 13.3. The maximum atomic E-state index is 11.7. The molecule has 0 bridgehead atoms. The minimum absolute atomic E-state index is 0.123. The normalized spacial score (nSPS) is 18.9. The molecule has 0 spiro atoms. The van der Waals surface area contributed by atoms with E-state index < -0.39 is 5.60 Å². The number of nitrogens with zero attached hydrogens (tertiary/aromatic N) is 1. The molecule has 0 aromatic heterocycles. The first-order chi connectivity index (χ1) is 6.31. The molecule has 0 aliphatic heterocycles. The van der Waals surface area contributed by atoms with Gasteiger partial charge in [-0.05, 0) is 33.6 Å². The Labute approximate surface area is 85.4 Å². The van der Waals surface area contributed by atoms with Gasteiger partial charge in [0.1, 0.15) is 5.60 Å². The zero-order chi connectivity index (χ0) is 11.0. The van der Waals surface area contributed by atoms with Crippen molar-refractivity contribution in [2.24, 2.45) is 5.73 Å². The van der Waals surface area contributed by atoms with Gasteiger partial charge in [0.2, 0.25) is 0 Å². The van der Waals surface area contributed by atoms with Gasteiger partial charge in [0, 0.05) is 13.6 Å². The van der Waals surface area contributed by atoms with Crippen LogP contribution in [-0.2, 0) is 4.74 Å². The number of likely N-dealkylation sites (N-methyl/N-ethyl adjacent to an activating group) is 1. The molecule has 1 saturated carbocycles. The van der Waals surface area contributed by atoms with Crippen LogP contribution in [0.25, 0.3) is 0 Å². The predicted octanol–water partition coefficient (Wildman–Crippen LogP) is 1.34. The average Bonchev–Trinajstić information content (AvgIpc) is 2.80. The number of hydrogen-bond acceptors (Lipinski definition) is 3. The zero-order valence-electron chi connectivity index (χ0n) is 9.46. The minimum Gasteiger partial charge on any atom is -0.444 e. The summed E-state index contributed by atoms with van der Waals surface area (Å²) in [5, 5.41) is 0. The molecule has 0 aromatic carbocycles. The van der Waals surface area contributed by atoms with E-state index in [1.807, 2.05) is 20.8 Å². The van der Waals surface area contributed by atoms with Crippen LogP contribution in [0.1, 0.15) is 33.6 Å². The summed E-state index contributed by atoms with van der Waals surface area (Å²) in [6, 6.07) is 0. The third-order valence-electron chi connectivity index (χ3n) is 2.59. The SMILES string of the molecule is CN(C(=O)OC(C)(C)C)C1(CN)CC1. The maximum absolute atomic E-state index is 11.7. The van der Waals surface area contributed by atoms with Crippen LogP contribution < -0.4 is 5.73 Å². The third kappa shape index (κ3) is 2.38. The number of carbonyl (C=O) groups excluding carboxylic acids is 1. The molecule has 0 saturated heterocycles. The lowest BCUT2D eigenvalue weighted by atomic mass is 10.2. The lowest BCUT2D eigenvalue weighted by molar-refractivity contribution is 0.0202. The van der Waals surface area contributed by atoms with E-state index in [0.717, 1.165) is 12.8 Å². The van der Waals surface area contributed by atoms with Gasteiger partial charge >= 0.3 is 6.09 Å². The standard InChI is InChI=1S/C10H20N2O2/c1-9(2,3)14-8(13)12(4)10(7-11)5-6-10/h5-7,11H2,1-4H3. The molecule has 14 heavy (non-hydrogen) atoms. The van der Waals surface area contributed by atoms with E-state index in [1.54, 1.807) is 11.9 Å². The summed E-state index contributed by atoms with van der Waals surface area (Å²) >= 11 is 0. The summed E-state index contributed by atoms with van der Waals surface area (Å²) in [5.74, 6) is 0. The lowest BCUT2D eigenvalue weighted by Gasteiger charge is -2.30. The fourth-order valence-corrected chi connectivity index (χ4v) is 1.34. The van der Waals surface area contributed by atoms with Crippen LogP contribution in [0.15, 0.2) is 0 Å². The molecule has 1 aliphatic carbocycles. The predicted molar refractivity (Wildman–Crippen MR) is 55.0 cm³/mol. The monoisotopic (exact) mass is 200 g/mol. The van der Waals surface area contributed by atoms with E-state index in [-0.39, 0.29) is 11.6 Å². The second kappa shape index (κ2) is 3.42. The molecule has 1 amide bonds. The number of rotatable bonds is 2. The first kappa shape index (κ1) is 11.3. The Hall–Kier alpha value is -0.770. The largest absolute Gasteiger partial charge is 0.444 e. The summed E-state index contributed by atoms with van der Waals surface area (Å²) in [6.07, 6.45) is 1.69. The van der Waals surface area contributed by atoms with Gasteiger partial charge in [-0.15, -0.1) is 0 Å². The van der Waals surface area contributed by atoms with Crippen LogP contribution in [0.5, 0.6) is 0 Å². The van der Waals surface area contributed by atoms with E-state index in [0.29, 0.717) is 6.54 Å². The molecule has 0 heterocycles. The van der Waals surface area contributed by atoms with Gasteiger partial charge in [-0.3, -0.25) is 0 Å². The smallest absolute Gasteiger partial charge is 0.410 e. The van der Waals surface area contributed by atoms with Crippen molar-refractivity contribution in [3.63, 3.8) is 0 Å². The molecule has 1 aliphatic rings. The lowest BCUT2D eigenvalue weighted by Crippen LogP contribution is -2.46. The first-order valence-electron chi connectivity index (χ1n) is 4.98. The van der Waals surface area contributed by atoms with Crippen LogP contribution in [0.2, 0.25) is 0 Å². The van der Waals surface area contributed by atoms with Crippen molar-refractivity contribution in [2.45, 2.75) is 44.8 Å². The first-order valence-corrected chi connectivity index (χ1v) is 4.98. The van der Waals surface area contributed by atoms with Crippen LogP contribution in [0.4, 0.5) is 4.79 Å². The summed E-state index contributed by atoms with van der Waals surface area (Å²) < 4.78 is 5.26. The Bertz CT molecular complexity index is 229. The van der Waals surface area contributed by atoms with Crippen molar-refractivity contribution in [1.29, 1.82) is 0 Å². The average molecular weight is 200 g/mol. The highest BCUT2D eigenvalue weighted by Gasteiger charge is 2.48. The highest BCUT2D eigenvalue weighted by atomic mass is 16.6. The molecule has 82 valence electrons. The van der Waals surface area contributed by atoms with Gasteiger partial charge in [-0.25, -0.2) is 4.79 Å². The van der Waals surface area contributed by atoms with E-state index >= 15 is 0 Å². The van der Waals surface area contributed by atoms with Gasteiger partial charge in [-0.2, -0.15) is 0 Å². The van der Waals surface area contributed by atoms with E-state index in [1.165, 1.54) is 0 Å². The number of ether oxygens (including phenoxy) is 1. The second-order valence-corrected chi connectivity index (χ2v) is 4.97.